The monoisotopic (exact) mass is 427 g/mol. The van der Waals surface area contributed by atoms with Gasteiger partial charge in [0, 0.05) is 44.9 Å². The number of hydrogen-bond acceptors (Lipinski definition) is 6. The van der Waals surface area contributed by atoms with Gasteiger partial charge < -0.3 is 15.7 Å². The second kappa shape index (κ2) is 10.8. The second-order valence-corrected chi connectivity index (χ2v) is 8.04. The van der Waals surface area contributed by atoms with Gasteiger partial charge in [-0.3, -0.25) is 4.90 Å². The van der Waals surface area contributed by atoms with Gasteiger partial charge in [0.2, 0.25) is 0 Å². The first-order chi connectivity index (χ1) is 15.8. The Kier molecular flexibility index (Phi) is 7.34. The summed E-state index contributed by atoms with van der Waals surface area (Å²) in [5.74, 6) is 0.773. The van der Waals surface area contributed by atoms with Crippen molar-refractivity contribution in [1.29, 1.82) is 5.26 Å². The zero-order valence-electron chi connectivity index (χ0n) is 18.2. The Morgan fingerprint density at radius 3 is 2.38 bits per heavy atom. The molecule has 0 amide bonds. The number of pyridine rings is 1. The van der Waals surface area contributed by atoms with Crippen LogP contribution < -0.4 is 10.6 Å². The number of anilines is 2. The molecular formula is C26H29N5O. The molecule has 0 aliphatic carbocycles. The highest BCUT2D eigenvalue weighted by molar-refractivity contribution is 5.68. The van der Waals surface area contributed by atoms with Crippen LogP contribution in [0.4, 0.5) is 11.5 Å². The smallest absolute Gasteiger partial charge is 0.166 e. The van der Waals surface area contributed by atoms with E-state index in [0.29, 0.717) is 25.2 Å². The lowest BCUT2D eigenvalue weighted by atomic mass is 9.96. The molecule has 3 N–H and O–H groups in total. The van der Waals surface area contributed by atoms with Crippen LogP contribution in [-0.2, 0) is 26.1 Å². The Morgan fingerprint density at radius 1 is 0.969 bits per heavy atom. The van der Waals surface area contributed by atoms with Gasteiger partial charge in [-0.2, -0.15) is 5.26 Å². The molecular weight excluding hydrogens is 398 g/mol. The Morgan fingerprint density at radius 2 is 1.69 bits per heavy atom. The SMILES string of the molecule is N#Cc1nc(NCCCO)c2c(c1NCc1ccccc1)CN(Cc1ccccc1)CC2. The minimum atomic E-state index is 0.127. The van der Waals surface area contributed by atoms with Crippen molar-refractivity contribution in [1.82, 2.24) is 9.88 Å². The number of nitrogens with one attached hydrogen (secondary N) is 2. The first kappa shape index (κ1) is 21.8. The molecule has 1 aliphatic rings. The van der Waals surface area contributed by atoms with E-state index in [2.05, 4.69) is 63.0 Å². The van der Waals surface area contributed by atoms with Crippen molar-refractivity contribution in [2.24, 2.45) is 0 Å². The van der Waals surface area contributed by atoms with Crippen LogP contribution in [0, 0.1) is 11.3 Å². The fraction of sp³-hybridized carbons (Fsp3) is 0.308. The first-order valence-corrected chi connectivity index (χ1v) is 11.1. The molecule has 1 aliphatic heterocycles. The zero-order chi connectivity index (χ0) is 22.2. The summed E-state index contributed by atoms with van der Waals surface area (Å²) in [7, 11) is 0. The number of rotatable bonds is 9. The molecule has 0 atom stereocenters. The van der Waals surface area contributed by atoms with Crippen LogP contribution in [0.2, 0.25) is 0 Å². The average molecular weight is 428 g/mol. The van der Waals surface area contributed by atoms with Gasteiger partial charge in [0.15, 0.2) is 5.69 Å². The van der Waals surface area contributed by atoms with Crippen LogP contribution in [-0.4, -0.2) is 34.7 Å². The third-order valence-corrected chi connectivity index (χ3v) is 5.77. The van der Waals surface area contributed by atoms with Gasteiger partial charge in [-0.05, 0) is 29.5 Å². The van der Waals surface area contributed by atoms with E-state index < -0.39 is 0 Å². The molecule has 164 valence electrons. The first-order valence-electron chi connectivity index (χ1n) is 11.1. The fourth-order valence-electron chi connectivity index (χ4n) is 4.15. The van der Waals surface area contributed by atoms with E-state index in [9.17, 15) is 5.26 Å². The third kappa shape index (κ3) is 5.25. The van der Waals surface area contributed by atoms with Crippen molar-refractivity contribution in [2.75, 3.05) is 30.3 Å². The lowest BCUT2D eigenvalue weighted by Crippen LogP contribution is -2.32. The highest BCUT2D eigenvalue weighted by atomic mass is 16.3. The number of aliphatic hydroxyl groups is 1. The van der Waals surface area contributed by atoms with Crippen LogP contribution in [0.5, 0.6) is 0 Å². The molecule has 0 saturated heterocycles. The number of hydrogen-bond donors (Lipinski definition) is 3. The number of aromatic nitrogens is 1. The molecule has 0 saturated carbocycles. The van der Waals surface area contributed by atoms with E-state index in [4.69, 9.17) is 5.11 Å². The van der Waals surface area contributed by atoms with Gasteiger partial charge in [-0.25, -0.2) is 4.98 Å². The van der Waals surface area contributed by atoms with Crippen LogP contribution in [0.15, 0.2) is 60.7 Å². The summed E-state index contributed by atoms with van der Waals surface area (Å²) in [6, 6.07) is 23.0. The minimum Gasteiger partial charge on any atom is -0.396 e. The second-order valence-electron chi connectivity index (χ2n) is 8.04. The highest BCUT2D eigenvalue weighted by Crippen LogP contribution is 2.34. The maximum absolute atomic E-state index is 9.88. The van der Waals surface area contributed by atoms with Gasteiger partial charge in [0.1, 0.15) is 11.9 Å². The number of benzene rings is 2. The van der Waals surface area contributed by atoms with Crippen LogP contribution in [0.25, 0.3) is 0 Å². The summed E-state index contributed by atoms with van der Waals surface area (Å²) in [4.78, 5) is 7.08. The van der Waals surface area contributed by atoms with Crippen molar-refractivity contribution in [3.8, 4) is 6.07 Å². The number of nitrogens with zero attached hydrogens (tertiary/aromatic N) is 3. The molecule has 6 nitrogen and oxygen atoms in total. The Hall–Kier alpha value is -3.40. The van der Waals surface area contributed by atoms with Gasteiger partial charge in [0.05, 0.1) is 5.69 Å². The normalized spacial score (nSPS) is 13.2. The van der Waals surface area contributed by atoms with Gasteiger partial charge in [0.25, 0.3) is 0 Å². The van der Waals surface area contributed by atoms with Crippen LogP contribution in [0.1, 0.15) is 34.4 Å². The summed E-state index contributed by atoms with van der Waals surface area (Å²) < 4.78 is 0. The van der Waals surface area contributed by atoms with Crippen molar-refractivity contribution in [2.45, 2.75) is 32.5 Å². The van der Waals surface area contributed by atoms with Crippen molar-refractivity contribution in [3.05, 3.63) is 88.6 Å². The van der Waals surface area contributed by atoms with E-state index in [1.165, 1.54) is 11.1 Å². The summed E-state index contributed by atoms with van der Waals surface area (Å²) >= 11 is 0. The fourth-order valence-corrected chi connectivity index (χ4v) is 4.15. The Bertz CT molecular complexity index is 1060. The van der Waals surface area contributed by atoms with Gasteiger partial charge >= 0.3 is 0 Å². The van der Waals surface area contributed by atoms with Crippen molar-refractivity contribution in [3.63, 3.8) is 0 Å². The molecule has 32 heavy (non-hydrogen) atoms. The summed E-state index contributed by atoms with van der Waals surface area (Å²) in [6.45, 7) is 3.96. The summed E-state index contributed by atoms with van der Waals surface area (Å²) in [6.07, 6.45) is 1.51. The molecule has 2 heterocycles. The molecule has 0 radical (unpaired) electrons. The lowest BCUT2D eigenvalue weighted by Gasteiger charge is -2.32. The maximum Gasteiger partial charge on any atom is 0.166 e. The van der Waals surface area contributed by atoms with Gasteiger partial charge in [-0.1, -0.05) is 60.7 Å². The predicted octanol–water partition coefficient (Wildman–Crippen LogP) is 3.92. The molecule has 0 spiro atoms. The molecule has 6 heteroatoms. The molecule has 2 aromatic carbocycles. The molecule has 0 fully saturated rings. The van der Waals surface area contributed by atoms with E-state index in [0.717, 1.165) is 48.7 Å². The minimum absolute atomic E-state index is 0.127. The molecule has 3 aromatic rings. The van der Waals surface area contributed by atoms with Crippen molar-refractivity contribution >= 4 is 11.5 Å². The van der Waals surface area contributed by atoms with E-state index >= 15 is 0 Å². The Balaban J connectivity index is 1.64. The number of fused-ring (bicyclic) bond motifs is 1. The predicted molar refractivity (Wildman–Crippen MR) is 127 cm³/mol. The quantitative estimate of drug-likeness (QED) is 0.449. The third-order valence-electron chi connectivity index (χ3n) is 5.77. The topological polar surface area (TPSA) is 84.2 Å². The van der Waals surface area contributed by atoms with E-state index in [1.807, 2.05) is 24.3 Å². The van der Waals surface area contributed by atoms with Crippen LogP contribution in [0.3, 0.4) is 0 Å². The molecule has 1 aromatic heterocycles. The molecule has 0 unspecified atom stereocenters. The standard InChI is InChI=1S/C26H29N5O/c27-16-24-25(29-17-20-8-3-1-4-9-20)23-19-31(18-21-10-5-2-6-11-21)14-12-22(23)26(30-24)28-13-7-15-32/h1-6,8-11,29,32H,7,12-15,17-19H2,(H,28,30). The Labute approximate surface area is 189 Å². The lowest BCUT2D eigenvalue weighted by molar-refractivity contribution is 0.246. The zero-order valence-corrected chi connectivity index (χ0v) is 18.2. The van der Waals surface area contributed by atoms with E-state index in [1.54, 1.807) is 0 Å². The molecule has 0 bridgehead atoms. The highest BCUT2D eigenvalue weighted by Gasteiger charge is 2.25. The van der Waals surface area contributed by atoms with Gasteiger partial charge in [-0.15, -0.1) is 0 Å². The average Bonchev–Trinajstić information content (AvgIpc) is 2.84. The van der Waals surface area contributed by atoms with Crippen molar-refractivity contribution < 1.29 is 5.11 Å². The number of nitriles is 1. The maximum atomic E-state index is 9.88. The summed E-state index contributed by atoms with van der Waals surface area (Å²) in [5, 5.41) is 25.9. The largest absolute Gasteiger partial charge is 0.396 e. The molecule has 4 rings (SSSR count). The summed E-state index contributed by atoms with van der Waals surface area (Å²) in [5.41, 5.74) is 5.99. The van der Waals surface area contributed by atoms with Crippen LogP contribution >= 0.6 is 0 Å². The number of aliphatic hydroxyl groups excluding tert-OH is 1. The van der Waals surface area contributed by atoms with E-state index in [-0.39, 0.29) is 6.61 Å².